The van der Waals surface area contributed by atoms with Gasteiger partial charge in [-0.15, -0.1) is 0 Å². The second kappa shape index (κ2) is 12.4. The quantitative estimate of drug-likeness (QED) is 0.168. The molecule has 60 heavy (non-hydrogen) atoms. The molecule has 0 amide bonds. The summed E-state index contributed by atoms with van der Waals surface area (Å²) >= 11 is 0. The first-order valence-electron chi connectivity index (χ1n) is 20.3. The molecule has 0 atom stereocenters. The molecule has 5 heteroatoms. The van der Waals surface area contributed by atoms with E-state index >= 15 is 4.79 Å². The van der Waals surface area contributed by atoms with Gasteiger partial charge in [0, 0.05) is 38.2 Å². The van der Waals surface area contributed by atoms with Gasteiger partial charge in [-0.25, -0.2) is 9.97 Å². The van der Waals surface area contributed by atoms with E-state index in [0.717, 1.165) is 76.7 Å². The number of benzene rings is 10. The first-order chi connectivity index (χ1) is 29.7. The van der Waals surface area contributed by atoms with E-state index in [9.17, 15) is 0 Å². The lowest BCUT2D eigenvalue weighted by atomic mass is 9.92. The SMILES string of the molecule is O=c1c2c(ccc3c4ccc5ccccc5c4n(-c4nc(-c5ccc6c7ccccc7c7ccccc7c6c5)c5ccccc5n4)c32)c2ccccc2n1-c1ccccc1. The van der Waals surface area contributed by atoms with E-state index in [2.05, 4.69) is 144 Å². The third-order valence-corrected chi connectivity index (χ3v) is 12.5. The van der Waals surface area contributed by atoms with Crippen LogP contribution in [0.1, 0.15) is 0 Å². The minimum atomic E-state index is -0.0940. The number of para-hydroxylation sites is 3. The van der Waals surface area contributed by atoms with Gasteiger partial charge in [-0.05, 0) is 73.4 Å². The molecule has 3 heterocycles. The molecule has 0 aliphatic rings. The maximum Gasteiger partial charge on any atom is 0.265 e. The predicted molar refractivity (Wildman–Crippen MR) is 250 cm³/mol. The fourth-order valence-corrected chi connectivity index (χ4v) is 9.90. The average Bonchev–Trinajstić information content (AvgIpc) is 3.66. The third-order valence-electron chi connectivity index (χ3n) is 12.5. The fourth-order valence-electron chi connectivity index (χ4n) is 9.90. The number of aromatic nitrogens is 4. The summed E-state index contributed by atoms with van der Waals surface area (Å²) in [5.41, 5.74) is 5.98. The summed E-state index contributed by atoms with van der Waals surface area (Å²) < 4.78 is 4.02. The van der Waals surface area contributed by atoms with E-state index in [0.29, 0.717) is 11.3 Å². The molecule has 13 aromatic rings. The van der Waals surface area contributed by atoms with Gasteiger partial charge in [-0.3, -0.25) is 13.9 Å². The van der Waals surface area contributed by atoms with E-state index in [1.54, 1.807) is 0 Å². The minimum Gasteiger partial charge on any atom is -0.276 e. The van der Waals surface area contributed by atoms with E-state index in [-0.39, 0.29) is 5.56 Å². The first kappa shape index (κ1) is 32.9. The van der Waals surface area contributed by atoms with Crippen molar-refractivity contribution in [3.05, 3.63) is 204 Å². The number of rotatable bonds is 3. The number of nitrogens with zero attached hydrogens (tertiary/aromatic N) is 4. The van der Waals surface area contributed by atoms with Gasteiger partial charge < -0.3 is 0 Å². The molecule has 0 radical (unpaired) electrons. The van der Waals surface area contributed by atoms with E-state index in [1.165, 1.54) is 32.3 Å². The van der Waals surface area contributed by atoms with Gasteiger partial charge in [0.25, 0.3) is 5.56 Å². The molecule has 0 aliphatic carbocycles. The molecule has 0 N–H and O–H groups in total. The molecule has 0 saturated heterocycles. The Bertz CT molecular complexity index is 4000. The second-order valence-corrected chi connectivity index (χ2v) is 15.6. The van der Waals surface area contributed by atoms with Crippen LogP contribution in [0.2, 0.25) is 0 Å². The molecule has 0 spiro atoms. The number of fused-ring (bicyclic) bond motifs is 16. The smallest absolute Gasteiger partial charge is 0.265 e. The molecular formula is C55H32N4O. The number of hydrogen-bond donors (Lipinski definition) is 0. The largest absolute Gasteiger partial charge is 0.276 e. The van der Waals surface area contributed by atoms with E-state index in [1.807, 2.05) is 59.2 Å². The normalized spacial score (nSPS) is 12.1. The van der Waals surface area contributed by atoms with Crippen molar-refractivity contribution in [1.82, 2.24) is 19.1 Å². The van der Waals surface area contributed by atoms with Crippen molar-refractivity contribution in [2.45, 2.75) is 0 Å². The lowest BCUT2D eigenvalue weighted by molar-refractivity contribution is 1.01. The van der Waals surface area contributed by atoms with Crippen LogP contribution in [0.4, 0.5) is 0 Å². The highest BCUT2D eigenvalue weighted by Crippen LogP contribution is 2.42. The van der Waals surface area contributed by atoms with Crippen molar-refractivity contribution in [2.75, 3.05) is 0 Å². The lowest BCUT2D eigenvalue weighted by Crippen LogP contribution is -2.20. The molecule has 10 aromatic carbocycles. The van der Waals surface area contributed by atoms with Crippen LogP contribution < -0.4 is 5.56 Å². The van der Waals surface area contributed by atoms with Crippen molar-refractivity contribution >= 4 is 97.5 Å². The Balaban J connectivity index is 1.20. The van der Waals surface area contributed by atoms with Crippen molar-refractivity contribution in [3.63, 3.8) is 0 Å². The summed E-state index contributed by atoms with van der Waals surface area (Å²) in [6.07, 6.45) is 0. The summed E-state index contributed by atoms with van der Waals surface area (Å²) in [5, 5.41) is 14.9. The van der Waals surface area contributed by atoms with Gasteiger partial charge >= 0.3 is 0 Å². The summed E-state index contributed by atoms with van der Waals surface area (Å²) in [6, 6.07) is 67.5. The Kier molecular flexibility index (Phi) is 6.81. The summed E-state index contributed by atoms with van der Waals surface area (Å²) in [4.78, 5) is 26.4. The number of hydrogen-bond acceptors (Lipinski definition) is 3. The molecule has 0 saturated carbocycles. The molecule has 0 unspecified atom stereocenters. The summed E-state index contributed by atoms with van der Waals surface area (Å²) in [5.74, 6) is 0.509. The Morgan fingerprint density at radius 1 is 0.367 bits per heavy atom. The molecule has 278 valence electrons. The summed E-state index contributed by atoms with van der Waals surface area (Å²) in [7, 11) is 0. The van der Waals surface area contributed by atoms with Crippen molar-refractivity contribution in [1.29, 1.82) is 0 Å². The molecule has 3 aromatic heterocycles. The van der Waals surface area contributed by atoms with Crippen LogP contribution in [-0.4, -0.2) is 19.1 Å². The Labute approximate surface area is 342 Å². The topological polar surface area (TPSA) is 52.7 Å². The second-order valence-electron chi connectivity index (χ2n) is 15.6. The molecule has 0 bridgehead atoms. The standard InChI is InChI=1S/C55H32N4O/c60-54-50-43(42-22-11-13-25-49(42)58(54)35-15-2-1-3-16-35)30-31-45-44-29-26-33-14-4-5-17-36(33)52(44)59(53(45)50)55-56-48-24-12-10-23-46(48)51(57-55)34-27-28-41-39-20-7-6-18-37(39)38-19-8-9-21-40(38)47(41)32-34/h1-32H. The van der Waals surface area contributed by atoms with E-state index in [4.69, 9.17) is 9.97 Å². The Morgan fingerprint density at radius 3 is 1.68 bits per heavy atom. The van der Waals surface area contributed by atoms with Crippen LogP contribution in [0, 0.1) is 0 Å². The van der Waals surface area contributed by atoms with Crippen LogP contribution in [-0.2, 0) is 0 Å². The van der Waals surface area contributed by atoms with Gasteiger partial charge in [-0.2, -0.15) is 0 Å². The third kappa shape index (κ3) is 4.54. The monoisotopic (exact) mass is 764 g/mol. The Hall–Kier alpha value is -8.15. The summed E-state index contributed by atoms with van der Waals surface area (Å²) in [6.45, 7) is 0. The molecule has 13 rings (SSSR count). The first-order valence-corrected chi connectivity index (χ1v) is 20.3. The fraction of sp³-hybridized carbons (Fsp3) is 0. The zero-order valence-electron chi connectivity index (χ0n) is 32.2. The molecule has 0 fully saturated rings. The highest BCUT2D eigenvalue weighted by molar-refractivity contribution is 6.27. The van der Waals surface area contributed by atoms with Gasteiger partial charge in [0.05, 0.1) is 33.1 Å². The zero-order chi connectivity index (χ0) is 39.5. The van der Waals surface area contributed by atoms with Crippen molar-refractivity contribution in [3.8, 4) is 22.9 Å². The van der Waals surface area contributed by atoms with Gasteiger partial charge in [-0.1, -0.05) is 164 Å². The molecule has 0 aliphatic heterocycles. The van der Waals surface area contributed by atoms with Crippen molar-refractivity contribution < 1.29 is 0 Å². The van der Waals surface area contributed by atoms with Crippen molar-refractivity contribution in [2.24, 2.45) is 0 Å². The van der Waals surface area contributed by atoms with Crippen LogP contribution in [0.5, 0.6) is 0 Å². The van der Waals surface area contributed by atoms with Gasteiger partial charge in [0.15, 0.2) is 0 Å². The number of pyridine rings is 1. The molecule has 5 nitrogen and oxygen atoms in total. The van der Waals surface area contributed by atoms with E-state index < -0.39 is 0 Å². The van der Waals surface area contributed by atoms with Crippen LogP contribution in [0.15, 0.2) is 199 Å². The van der Waals surface area contributed by atoms with Crippen LogP contribution in [0.3, 0.4) is 0 Å². The average molecular weight is 765 g/mol. The predicted octanol–water partition coefficient (Wildman–Crippen LogP) is 13.5. The lowest BCUT2D eigenvalue weighted by Gasteiger charge is -2.16. The van der Waals surface area contributed by atoms with Crippen LogP contribution in [0.25, 0.3) is 120 Å². The van der Waals surface area contributed by atoms with Gasteiger partial charge in [0.2, 0.25) is 5.95 Å². The highest BCUT2D eigenvalue weighted by Gasteiger charge is 2.24. The Morgan fingerprint density at radius 2 is 0.917 bits per heavy atom. The highest BCUT2D eigenvalue weighted by atomic mass is 16.1. The molecular weight excluding hydrogens is 733 g/mol. The minimum absolute atomic E-state index is 0.0940. The van der Waals surface area contributed by atoms with Gasteiger partial charge in [0.1, 0.15) is 0 Å². The maximum atomic E-state index is 15.4. The maximum absolute atomic E-state index is 15.4. The zero-order valence-corrected chi connectivity index (χ0v) is 32.2. The van der Waals surface area contributed by atoms with Crippen LogP contribution >= 0.6 is 0 Å².